The summed E-state index contributed by atoms with van der Waals surface area (Å²) in [5.41, 5.74) is 1.15. The number of sulfonamides is 1. The maximum Gasteiger partial charge on any atom is 0.244 e. The molecular weight excluding hydrogens is 534 g/mol. The minimum atomic E-state index is -3.78. The van der Waals surface area contributed by atoms with Crippen LogP contribution in [0.3, 0.4) is 0 Å². The Balaban J connectivity index is 1.88. The van der Waals surface area contributed by atoms with Crippen LogP contribution in [0, 0.1) is 0 Å². The summed E-state index contributed by atoms with van der Waals surface area (Å²) in [7, 11) is -2.21. The van der Waals surface area contributed by atoms with Crippen molar-refractivity contribution in [2.75, 3.05) is 24.2 Å². The third-order valence-electron chi connectivity index (χ3n) is 6.18. The van der Waals surface area contributed by atoms with Gasteiger partial charge in [0.15, 0.2) is 0 Å². The van der Waals surface area contributed by atoms with Crippen LogP contribution in [0.5, 0.6) is 5.75 Å². The van der Waals surface area contributed by atoms with Gasteiger partial charge in [-0.25, -0.2) is 8.42 Å². The maximum atomic E-state index is 13.6. The molecule has 0 spiro atoms. The highest BCUT2D eigenvalue weighted by Crippen LogP contribution is 2.28. The highest BCUT2D eigenvalue weighted by molar-refractivity contribution is 9.10. The summed E-state index contributed by atoms with van der Waals surface area (Å²) in [6.45, 7) is 1.39. The number of methoxy groups -OCH3 is 1. The first-order valence-electron chi connectivity index (χ1n) is 11.5. The van der Waals surface area contributed by atoms with Crippen LogP contribution in [0.25, 0.3) is 0 Å². The average molecular weight is 567 g/mol. The molecular formula is C25H32BrN3O5S. The van der Waals surface area contributed by atoms with E-state index in [-0.39, 0.29) is 18.5 Å². The lowest BCUT2D eigenvalue weighted by molar-refractivity contribution is -0.139. The number of halogens is 1. The highest BCUT2D eigenvalue weighted by Gasteiger charge is 2.31. The second kappa shape index (κ2) is 11.9. The number of amides is 2. The van der Waals surface area contributed by atoms with E-state index in [9.17, 15) is 18.0 Å². The molecule has 1 aliphatic carbocycles. The summed E-state index contributed by atoms with van der Waals surface area (Å²) in [6, 6.07) is 13.3. The van der Waals surface area contributed by atoms with Crippen molar-refractivity contribution < 1.29 is 22.7 Å². The lowest BCUT2D eigenvalue weighted by atomic mass is 10.1. The predicted octanol–water partition coefficient (Wildman–Crippen LogP) is 3.70. The molecule has 0 heterocycles. The van der Waals surface area contributed by atoms with Crippen LogP contribution in [-0.4, -0.2) is 57.1 Å². The lowest BCUT2D eigenvalue weighted by Crippen LogP contribution is -2.52. The normalized spacial score (nSPS) is 14.9. The number of anilines is 1. The van der Waals surface area contributed by atoms with E-state index in [0.29, 0.717) is 15.9 Å². The number of ether oxygens (including phenoxy) is 1. The van der Waals surface area contributed by atoms with Crippen molar-refractivity contribution in [2.45, 2.75) is 51.2 Å². The zero-order valence-electron chi connectivity index (χ0n) is 20.2. The number of carbonyl (C=O) groups excluding carboxylic acids is 2. The van der Waals surface area contributed by atoms with Gasteiger partial charge < -0.3 is 15.0 Å². The van der Waals surface area contributed by atoms with Crippen LogP contribution in [-0.2, 0) is 26.2 Å². The minimum Gasteiger partial charge on any atom is -0.497 e. The first-order valence-corrected chi connectivity index (χ1v) is 14.2. The van der Waals surface area contributed by atoms with Crippen LogP contribution in [0.1, 0.15) is 38.2 Å². The maximum absolute atomic E-state index is 13.6. The van der Waals surface area contributed by atoms with Gasteiger partial charge >= 0.3 is 0 Å². The summed E-state index contributed by atoms with van der Waals surface area (Å²) in [4.78, 5) is 28.1. The molecule has 1 N–H and O–H groups in total. The van der Waals surface area contributed by atoms with Gasteiger partial charge in [-0.15, -0.1) is 0 Å². The zero-order chi connectivity index (χ0) is 25.6. The van der Waals surface area contributed by atoms with Crippen molar-refractivity contribution in [1.29, 1.82) is 0 Å². The van der Waals surface area contributed by atoms with E-state index in [1.54, 1.807) is 50.4 Å². The zero-order valence-corrected chi connectivity index (χ0v) is 22.6. The smallest absolute Gasteiger partial charge is 0.244 e. The van der Waals surface area contributed by atoms with Crippen molar-refractivity contribution in [3.63, 3.8) is 0 Å². The Morgan fingerprint density at radius 3 is 2.31 bits per heavy atom. The topological polar surface area (TPSA) is 96.0 Å². The van der Waals surface area contributed by atoms with Gasteiger partial charge in [0, 0.05) is 17.1 Å². The van der Waals surface area contributed by atoms with Gasteiger partial charge in [0.05, 0.1) is 19.1 Å². The fourth-order valence-electron chi connectivity index (χ4n) is 4.15. The first kappa shape index (κ1) is 27.0. The molecule has 2 aromatic rings. The van der Waals surface area contributed by atoms with Crippen LogP contribution >= 0.6 is 15.9 Å². The quantitative estimate of drug-likeness (QED) is 0.473. The number of nitrogens with one attached hydrogen (secondary N) is 1. The number of hydrogen-bond acceptors (Lipinski definition) is 5. The van der Waals surface area contributed by atoms with Crippen molar-refractivity contribution in [3.05, 3.63) is 58.6 Å². The van der Waals surface area contributed by atoms with Gasteiger partial charge in [0.2, 0.25) is 21.8 Å². The van der Waals surface area contributed by atoms with Crippen LogP contribution < -0.4 is 14.4 Å². The van der Waals surface area contributed by atoms with Crippen molar-refractivity contribution >= 4 is 43.5 Å². The second-order valence-electron chi connectivity index (χ2n) is 8.76. The second-order valence-corrected chi connectivity index (χ2v) is 11.5. The van der Waals surface area contributed by atoms with E-state index < -0.39 is 28.5 Å². The summed E-state index contributed by atoms with van der Waals surface area (Å²) in [5, 5.41) is 3.05. The van der Waals surface area contributed by atoms with E-state index in [1.807, 2.05) is 12.1 Å². The van der Waals surface area contributed by atoms with Crippen LogP contribution in [0.4, 0.5) is 5.69 Å². The fourth-order valence-corrected chi connectivity index (χ4v) is 5.63. The molecule has 1 saturated carbocycles. The molecule has 10 heteroatoms. The highest BCUT2D eigenvalue weighted by atomic mass is 79.9. The van der Waals surface area contributed by atoms with Gasteiger partial charge in [-0.1, -0.05) is 37.1 Å². The Labute approximate surface area is 215 Å². The average Bonchev–Trinajstić information content (AvgIpc) is 3.33. The molecule has 0 unspecified atom stereocenters. The molecule has 0 radical (unpaired) electrons. The molecule has 1 aliphatic rings. The summed E-state index contributed by atoms with van der Waals surface area (Å²) in [6.07, 6.45) is 5.06. The monoisotopic (exact) mass is 565 g/mol. The Kier molecular flexibility index (Phi) is 9.18. The number of carbonyl (C=O) groups is 2. The van der Waals surface area contributed by atoms with Crippen LogP contribution in [0.2, 0.25) is 0 Å². The SMILES string of the molecule is COc1ccc(CN(C(=O)CN(c2ccccc2Br)S(C)(=O)=O)[C@H](C)C(=O)NC2CCCC2)cc1. The van der Waals surface area contributed by atoms with E-state index in [0.717, 1.165) is 41.8 Å². The molecule has 2 amide bonds. The van der Waals surface area contributed by atoms with E-state index in [1.165, 1.54) is 4.90 Å². The molecule has 8 nitrogen and oxygen atoms in total. The Morgan fingerprint density at radius 2 is 1.74 bits per heavy atom. The van der Waals surface area contributed by atoms with E-state index in [4.69, 9.17) is 4.74 Å². The van der Waals surface area contributed by atoms with Crippen molar-refractivity contribution in [2.24, 2.45) is 0 Å². The Hall–Kier alpha value is -2.59. The largest absolute Gasteiger partial charge is 0.497 e. The van der Waals surface area contributed by atoms with Gasteiger partial charge in [0.25, 0.3) is 0 Å². The molecule has 3 rings (SSSR count). The summed E-state index contributed by atoms with van der Waals surface area (Å²) >= 11 is 3.38. The van der Waals surface area contributed by atoms with Gasteiger partial charge in [-0.3, -0.25) is 13.9 Å². The summed E-state index contributed by atoms with van der Waals surface area (Å²) < 4.78 is 32.1. The van der Waals surface area contributed by atoms with Crippen molar-refractivity contribution in [1.82, 2.24) is 10.2 Å². The molecule has 190 valence electrons. The Morgan fingerprint density at radius 1 is 1.11 bits per heavy atom. The third-order valence-corrected chi connectivity index (χ3v) is 7.98. The number of nitrogens with zero attached hydrogens (tertiary/aromatic N) is 2. The molecule has 35 heavy (non-hydrogen) atoms. The minimum absolute atomic E-state index is 0.107. The first-order chi connectivity index (χ1) is 16.6. The molecule has 0 aliphatic heterocycles. The standard InChI is InChI=1S/C25H32BrN3O5S/c1-18(25(31)27-20-8-4-5-9-20)28(16-19-12-14-21(34-2)15-13-19)24(30)17-29(35(3,32)33)23-11-7-6-10-22(23)26/h6-7,10-15,18,20H,4-5,8-9,16-17H2,1-3H3,(H,27,31)/t18-/m1/s1. The van der Waals surface area contributed by atoms with Crippen LogP contribution in [0.15, 0.2) is 53.0 Å². The number of rotatable bonds is 10. The molecule has 2 aromatic carbocycles. The fraction of sp³-hybridized carbons (Fsp3) is 0.440. The van der Waals surface area contributed by atoms with Gasteiger partial charge in [-0.05, 0) is 65.5 Å². The third kappa shape index (κ3) is 7.20. The van der Waals surface area contributed by atoms with Gasteiger partial charge in [0.1, 0.15) is 18.3 Å². The summed E-state index contributed by atoms with van der Waals surface area (Å²) in [5.74, 6) is -0.0440. The number of benzene rings is 2. The predicted molar refractivity (Wildman–Crippen MR) is 140 cm³/mol. The lowest BCUT2D eigenvalue weighted by Gasteiger charge is -2.32. The van der Waals surface area contributed by atoms with Crippen molar-refractivity contribution in [3.8, 4) is 5.75 Å². The number of para-hydroxylation sites is 1. The molecule has 0 saturated heterocycles. The Bertz CT molecular complexity index is 1130. The molecule has 0 bridgehead atoms. The molecule has 1 fully saturated rings. The molecule has 0 aromatic heterocycles. The van der Waals surface area contributed by atoms with Gasteiger partial charge in [-0.2, -0.15) is 0 Å². The number of hydrogen-bond donors (Lipinski definition) is 1. The molecule has 1 atom stereocenters. The van der Waals surface area contributed by atoms with E-state index >= 15 is 0 Å². The van der Waals surface area contributed by atoms with E-state index in [2.05, 4.69) is 21.2 Å².